The molecule has 3 aromatic rings. The van der Waals surface area contributed by atoms with Gasteiger partial charge >= 0.3 is 0 Å². The molecule has 156 valence electrons. The van der Waals surface area contributed by atoms with Crippen LogP contribution in [-0.2, 0) is 10.0 Å². The van der Waals surface area contributed by atoms with Gasteiger partial charge in [0.05, 0.1) is 22.9 Å². The number of halogens is 2. The Morgan fingerprint density at radius 1 is 1.07 bits per heavy atom. The van der Waals surface area contributed by atoms with Crippen LogP contribution in [0.1, 0.15) is 17.3 Å². The molecule has 0 fully saturated rings. The van der Waals surface area contributed by atoms with Crippen LogP contribution in [0, 0.1) is 5.82 Å². The molecule has 2 N–H and O–H groups in total. The van der Waals surface area contributed by atoms with Gasteiger partial charge in [0.1, 0.15) is 11.6 Å². The monoisotopic (exact) mass is 448 g/mol. The number of carbonyl (C=O) groups excluding carboxylic acids is 1. The maximum atomic E-state index is 13.4. The van der Waals surface area contributed by atoms with Gasteiger partial charge in [0.25, 0.3) is 15.9 Å². The van der Waals surface area contributed by atoms with E-state index in [2.05, 4.69) is 10.0 Å². The minimum absolute atomic E-state index is 0.0772. The Morgan fingerprint density at radius 3 is 2.53 bits per heavy atom. The number of hydrogen-bond acceptors (Lipinski definition) is 4. The minimum Gasteiger partial charge on any atom is -0.492 e. The molecule has 6 nitrogen and oxygen atoms in total. The highest BCUT2D eigenvalue weighted by molar-refractivity contribution is 7.92. The van der Waals surface area contributed by atoms with Crippen LogP contribution in [-0.4, -0.2) is 20.9 Å². The molecular formula is C21H18ClFN2O4S. The Labute approximate surface area is 178 Å². The maximum Gasteiger partial charge on any atom is 0.261 e. The summed E-state index contributed by atoms with van der Waals surface area (Å²) in [5.41, 5.74) is 0.549. The van der Waals surface area contributed by atoms with Gasteiger partial charge in [-0.05, 0) is 61.5 Å². The summed E-state index contributed by atoms with van der Waals surface area (Å²) in [6, 6.07) is 15.5. The van der Waals surface area contributed by atoms with E-state index in [0.717, 1.165) is 6.07 Å². The number of nitrogens with one attached hydrogen (secondary N) is 2. The van der Waals surface area contributed by atoms with Crippen molar-refractivity contribution in [3.8, 4) is 5.75 Å². The summed E-state index contributed by atoms with van der Waals surface area (Å²) >= 11 is 5.93. The summed E-state index contributed by atoms with van der Waals surface area (Å²) in [5, 5.41) is 3.04. The largest absolute Gasteiger partial charge is 0.492 e. The Kier molecular flexibility index (Phi) is 6.59. The van der Waals surface area contributed by atoms with Crippen LogP contribution in [0.4, 0.5) is 15.8 Å². The zero-order valence-electron chi connectivity index (χ0n) is 15.9. The van der Waals surface area contributed by atoms with E-state index in [1.807, 2.05) is 0 Å². The van der Waals surface area contributed by atoms with Crippen molar-refractivity contribution in [1.29, 1.82) is 0 Å². The molecule has 0 radical (unpaired) electrons. The lowest BCUT2D eigenvalue weighted by Gasteiger charge is -2.14. The summed E-state index contributed by atoms with van der Waals surface area (Å²) in [4.78, 5) is 12.5. The van der Waals surface area contributed by atoms with E-state index in [1.165, 1.54) is 42.5 Å². The zero-order chi connectivity index (χ0) is 21.7. The summed E-state index contributed by atoms with van der Waals surface area (Å²) in [5.74, 6) is -0.750. The average Bonchev–Trinajstić information content (AvgIpc) is 2.69. The average molecular weight is 449 g/mol. The fourth-order valence-electron chi connectivity index (χ4n) is 2.65. The minimum atomic E-state index is -4.04. The first-order chi connectivity index (χ1) is 14.3. The van der Waals surface area contributed by atoms with E-state index < -0.39 is 21.7 Å². The van der Waals surface area contributed by atoms with Crippen molar-refractivity contribution in [2.75, 3.05) is 16.6 Å². The zero-order valence-corrected chi connectivity index (χ0v) is 17.4. The van der Waals surface area contributed by atoms with Crippen LogP contribution in [0.15, 0.2) is 71.6 Å². The molecule has 0 bridgehead atoms. The predicted octanol–water partition coefficient (Wildman–Crippen LogP) is 4.93. The molecule has 0 aliphatic carbocycles. The molecule has 0 saturated heterocycles. The Hall–Kier alpha value is -3.10. The second-order valence-electron chi connectivity index (χ2n) is 6.17. The number of benzene rings is 3. The fourth-order valence-corrected chi connectivity index (χ4v) is 3.91. The number of carbonyl (C=O) groups is 1. The number of anilines is 2. The number of sulfonamides is 1. The van der Waals surface area contributed by atoms with E-state index >= 15 is 0 Å². The van der Waals surface area contributed by atoms with Gasteiger partial charge in [-0.2, -0.15) is 0 Å². The van der Waals surface area contributed by atoms with Gasteiger partial charge in [0, 0.05) is 10.6 Å². The first kappa shape index (κ1) is 21.6. The van der Waals surface area contributed by atoms with Gasteiger partial charge in [-0.3, -0.25) is 9.52 Å². The molecule has 0 aromatic heterocycles. The quantitative estimate of drug-likeness (QED) is 0.536. The SMILES string of the molecule is CCOc1ccc(S(=O)(=O)Nc2cccc(F)c2)cc1NC(=O)c1cccc(Cl)c1. The van der Waals surface area contributed by atoms with Gasteiger partial charge in [0.15, 0.2) is 0 Å². The van der Waals surface area contributed by atoms with Crippen molar-refractivity contribution in [3.63, 3.8) is 0 Å². The lowest BCUT2D eigenvalue weighted by atomic mass is 10.2. The smallest absolute Gasteiger partial charge is 0.261 e. The molecule has 1 amide bonds. The van der Waals surface area contributed by atoms with Crippen molar-refractivity contribution in [3.05, 3.63) is 83.1 Å². The first-order valence-corrected chi connectivity index (χ1v) is 10.8. The van der Waals surface area contributed by atoms with Crippen LogP contribution in [0.25, 0.3) is 0 Å². The van der Waals surface area contributed by atoms with Crippen LogP contribution in [0.2, 0.25) is 5.02 Å². The molecule has 0 unspecified atom stereocenters. The highest BCUT2D eigenvalue weighted by Gasteiger charge is 2.19. The van der Waals surface area contributed by atoms with E-state index in [-0.39, 0.29) is 16.3 Å². The summed E-state index contributed by atoms with van der Waals surface area (Å²) in [6.07, 6.45) is 0. The van der Waals surface area contributed by atoms with Crippen molar-refractivity contribution >= 4 is 38.9 Å². The van der Waals surface area contributed by atoms with Gasteiger partial charge in [-0.25, -0.2) is 12.8 Å². The van der Waals surface area contributed by atoms with Crippen LogP contribution in [0.5, 0.6) is 5.75 Å². The van der Waals surface area contributed by atoms with Crippen molar-refractivity contribution in [2.45, 2.75) is 11.8 Å². The van der Waals surface area contributed by atoms with Gasteiger partial charge in [-0.1, -0.05) is 23.7 Å². The number of amides is 1. The third kappa shape index (κ3) is 5.28. The third-order valence-corrected chi connectivity index (χ3v) is 5.59. The second kappa shape index (κ2) is 9.15. The molecule has 30 heavy (non-hydrogen) atoms. The fraction of sp³-hybridized carbons (Fsp3) is 0.0952. The standard InChI is InChI=1S/C21H18ClFN2O4S/c1-2-29-20-10-9-18(30(27,28)25-17-8-4-7-16(23)12-17)13-19(20)24-21(26)14-5-3-6-15(22)11-14/h3-13,25H,2H2,1H3,(H,24,26). The van der Waals surface area contributed by atoms with Crippen molar-refractivity contribution in [1.82, 2.24) is 0 Å². The number of hydrogen-bond donors (Lipinski definition) is 2. The molecule has 0 aliphatic rings. The van der Waals surface area contributed by atoms with Gasteiger partial charge in [0.2, 0.25) is 0 Å². The molecular weight excluding hydrogens is 431 g/mol. The topological polar surface area (TPSA) is 84.5 Å². The van der Waals surface area contributed by atoms with Gasteiger partial charge < -0.3 is 10.1 Å². The second-order valence-corrected chi connectivity index (χ2v) is 8.29. The van der Waals surface area contributed by atoms with E-state index in [9.17, 15) is 17.6 Å². The molecule has 0 heterocycles. The molecule has 9 heteroatoms. The third-order valence-electron chi connectivity index (χ3n) is 3.97. The molecule has 0 spiro atoms. The molecule has 3 rings (SSSR count). The highest BCUT2D eigenvalue weighted by Crippen LogP contribution is 2.29. The lowest BCUT2D eigenvalue weighted by molar-refractivity contribution is 0.102. The van der Waals surface area contributed by atoms with Crippen molar-refractivity contribution in [2.24, 2.45) is 0 Å². The Bertz CT molecular complexity index is 1190. The first-order valence-electron chi connectivity index (χ1n) is 8.90. The van der Waals surface area contributed by atoms with Crippen molar-refractivity contribution < 1.29 is 22.3 Å². The van der Waals surface area contributed by atoms with E-state index in [4.69, 9.17) is 16.3 Å². The molecule has 0 atom stereocenters. The summed E-state index contributed by atoms with van der Waals surface area (Å²) in [7, 11) is -4.04. The summed E-state index contributed by atoms with van der Waals surface area (Å²) < 4.78 is 46.6. The van der Waals surface area contributed by atoms with Crippen LogP contribution in [0.3, 0.4) is 0 Å². The van der Waals surface area contributed by atoms with Crippen LogP contribution >= 0.6 is 11.6 Å². The highest BCUT2D eigenvalue weighted by atomic mass is 35.5. The number of rotatable bonds is 7. The normalized spacial score (nSPS) is 11.0. The molecule has 3 aromatic carbocycles. The lowest BCUT2D eigenvalue weighted by Crippen LogP contribution is -2.16. The maximum absolute atomic E-state index is 13.4. The Balaban J connectivity index is 1.92. The Morgan fingerprint density at radius 2 is 1.83 bits per heavy atom. The van der Waals surface area contributed by atoms with E-state index in [1.54, 1.807) is 25.1 Å². The number of ether oxygens (including phenoxy) is 1. The summed E-state index contributed by atoms with van der Waals surface area (Å²) in [6.45, 7) is 2.08. The van der Waals surface area contributed by atoms with E-state index in [0.29, 0.717) is 22.9 Å². The molecule has 0 aliphatic heterocycles. The van der Waals surface area contributed by atoms with Crippen LogP contribution < -0.4 is 14.8 Å². The predicted molar refractivity (Wildman–Crippen MR) is 114 cm³/mol. The molecule has 0 saturated carbocycles. The van der Waals surface area contributed by atoms with Gasteiger partial charge in [-0.15, -0.1) is 0 Å².